The van der Waals surface area contributed by atoms with Crippen LogP contribution in [0.25, 0.3) is 0 Å². The van der Waals surface area contributed by atoms with Crippen molar-refractivity contribution in [3.63, 3.8) is 0 Å². The second kappa shape index (κ2) is 5.27. The highest BCUT2D eigenvalue weighted by Gasteiger charge is 2.06. The Bertz CT molecular complexity index is 456. The summed E-state index contributed by atoms with van der Waals surface area (Å²) < 4.78 is 44.1. The number of hydrogen-bond acceptors (Lipinski definition) is 4. The van der Waals surface area contributed by atoms with Gasteiger partial charge in [-0.15, -0.1) is 0 Å². The molecule has 6 heteroatoms. The Kier molecular flexibility index (Phi) is 4.26. The Morgan fingerprint density at radius 1 is 1.38 bits per heavy atom. The molecule has 90 valence electrons. The highest BCUT2D eigenvalue weighted by atomic mass is 32.2. The third kappa shape index (κ3) is 4.16. The lowest BCUT2D eigenvalue weighted by molar-refractivity contribution is 0.323. The molecule has 0 atom stereocenters. The van der Waals surface area contributed by atoms with Crippen molar-refractivity contribution in [3.8, 4) is 5.75 Å². The highest BCUT2D eigenvalue weighted by Crippen LogP contribution is 2.16. The van der Waals surface area contributed by atoms with Gasteiger partial charge in [-0.3, -0.25) is 4.18 Å². The average Bonchev–Trinajstić information content (AvgIpc) is 2.18. The van der Waals surface area contributed by atoms with Crippen LogP contribution in [0.5, 0.6) is 5.75 Å². The van der Waals surface area contributed by atoms with Gasteiger partial charge < -0.3 is 4.74 Å². The smallest absolute Gasteiger partial charge is 0.264 e. The molecule has 0 aliphatic carbocycles. The molecule has 0 radical (unpaired) electrons. The zero-order valence-electron chi connectivity index (χ0n) is 9.07. The maximum Gasteiger partial charge on any atom is 0.264 e. The third-order valence-corrected chi connectivity index (χ3v) is 2.52. The van der Waals surface area contributed by atoms with E-state index in [1.165, 1.54) is 13.2 Å². The summed E-state index contributed by atoms with van der Waals surface area (Å²) in [6, 6.07) is 4.40. The van der Waals surface area contributed by atoms with E-state index in [1.807, 2.05) is 0 Å². The standard InChI is InChI=1S/C10H13FO4S/c1-14-9-4-3-8(10(11)7-9)5-6-15-16(2,12)13/h3-4,7H,5-6H2,1-2H3. The zero-order chi connectivity index (χ0) is 12.2. The quantitative estimate of drug-likeness (QED) is 0.738. The predicted octanol–water partition coefficient (Wildman–Crippen LogP) is 1.35. The fourth-order valence-corrected chi connectivity index (χ4v) is 1.55. The Morgan fingerprint density at radius 3 is 2.56 bits per heavy atom. The molecule has 0 fully saturated rings. The van der Waals surface area contributed by atoms with Gasteiger partial charge >= 0.3 is 0 Å². The van der Waals surface area contributed by atoms with Gasteiger partial charge in [0, 0.05) is 12.5 Å². The van der Waals surface area contributed by atoms with Crippen molar-refractivity contribution in [1.82, 2.24) is 0 Å². The van der Waals surface area contributed by atoms with E-state index < -0.39 is 15.9 Å². The van der Waals surface area contributed by atoms with Gasteiger partial charge in [-0.25, -0.2) is 4.39 Å². The lowest BCUT2D eigenvalue weighted by Crippen LogP contribution is -2.07. The van der Waals surface area contributed by atoms with Gasteiger partial charge in [0.1, 0.15) is 11.6 Å². The first kappa shape index (κ1) is 12.9. The molecule has 16 heavy (non-hydrogen) atoms. The van der Waals surface area contributed by atoms with E-state index in [4.69, 9.17) is 4.74 Å². The van der Waals surface area contributed by atoms with E-state index in [9.17, 15) is 12.8 Å². The van der Waals surface area contributed by atoms with Gasteiger partial charge in [0.05, 0.1) is 20.0 Å². The number of hydrogen-bond donors (Lipinski definition) is 0. The third-order valence-electron chi connectivity index (χ3n) is 1.93. The van der Waals surface area contributed by atoms with Gasteiger partial charge in [0.2, 0.25) is 0 Å². The first-order valence-electron chi connectivity index (χ1n) is 4.59. The van der Waals surface area contributed by atoms with E-state index in [0.29, 0.717) is 11.3 Å². The van der Waals surface area contributed by atoms with Crippen LogP contribution in [0.2, 0.25) is 0 Å². The summed E-state index contributed by atoms with van der Waals surface area (Å²) in [5.74, 6) is -0.0123. The van der Waals surface area contributed by atoms with E-state index in [1.54, 1.807) is 12.1 Å². The molecule has 0 bridgehead atoms. The fraction of sp³-hybridized carbons (Fsp3) is 0.400. The number of benzene rings is 1. The molecule has 0 N–H and O–H groups in total. The summed E-state index contributed by atoms with van der Waals surface area (Å²) in [7, 11) is -2.02. The number of ether oxygens (including phenoxy) is 1. The molecule has 0 unspecified atom stereocenters. The topological polar surface area (TPSA) is 52.6 Å². The van der Waals surface area contributed by atoms with Gasteiger partial charge in [-0.1, -0.05) is 6.07 Å². The van der Waals surface area contributed by atoms with Gasteiger partial charge in [0.15, 0.2) is 0 Å². The van der Waals surface area contributed by atoms with Gasteiger partial charge in [-0.2, -0.15) is 8.42 Å². The van der Waals surface area contributed by atoms with Crippen LogP contribution >= 0.6 is 0 Å². The molecule has 0 saturated carbocycles. The molecule has 0 spiro atoms. The Labute approximate surface area is 94.1 Å². The second-order valence-corrected chi connectivity index (χ2v) is 4.88. The summed E-state index contributed by atoms with van der Waals surface area (Å²) >= 11 is 0. The van der Waals surface area contributed by atoms with Crippen LogP contribution < -0.4 is 4.74 Å². The Hall–Kier alpha value is -1.14. The summed E-state index contributed by atoms with van der Waals surface area (Å²) in [6.07, 6.45) is 1.15. The van der Waals surface area contributed by atoms with E-state index in [2.05, 4.69) is 4.18 Å². The SMILES string of the molecule is COc1ccc(CCOS(C)(=O)=O)c(F)c1. The molecule has 0 aromatic heterocycles. The van der Waals surface area contributed by atoms with E-state index >= 15 is 0 Å². The minimum Gasteiger partial charge on any atom is -0.497 e. The molecule has 0 aliphatic rings. The maximum atomic E-state index is 13.4. The van der Waals surface area contributed by atoms with Crippen LogP contribution in [-0.2, 0) is 20.7 Å². The van der Waals surface area contributed by atoms with Crippen molar-refractivity contribution in [2.45, 2.75) is 6.42 Å². The number of halogens is 1. The van der Waals surface area contributed by atoms with E-state index in [-0.39, 0.29) is 13.0 Å². The van der Waals surface area contributed by atoms with Gasteiger partial charge in [-0.05, 0) is 11.6 Å². The molecule has 0 aliphatic heterocycles. The average molecular weight is 248 g/mol. The largest absolute Gasteiger partial charge is 0.497 e. The summed E-state index contributed by atoms with van der Waals surface area (Å²) in [5, 5.41) is 0. The van der Waals surface area contributed by atoms with Crippen molar-refractivity contribution in [1.29, 1.82) is 0 Å². The summed E-state index contributed by atoms with van der Waals surface area (Å²) in [5.41, 5.74) is 0.393. The van der Waals surface area contributed by atoms with Crippen LogP contribution in [0.1, 0.15) is 5.56 Å². The minimum absolute atomic E-state index is 0.0674. The van der Waals surface area contributed by atoms with Crippen molar-refractivity contribution in [3.05, 3.63) is 29.6 Å². The molecule has 0 heterocycles. The first-order valence-corrected chi connectivity index (χ1v) is 6.41. The Morgan fingerprint density at radius 2 is 2.06 bits per heavy atom. The first-order chi connectivity index (χ1) is 7.42. The zero-order valence-corrected chi connectivity index (χ0v) is 9.88. The molecule has 1 aromatic rings. The molecular formula is C10H13FO4S. The normalized spacial score (nSPS) is 11.4. The van der Waals surface area contributed by atoms with Crippen molar-refractivity contribution in [2.75, 3.05) is 20.0 Å². The maximum absolute atomic E-state index is 13.4. The van der Waals surface area contributed by atoms with E-state index in [0.717, 1.165) is 6.26 Å². The van der Waals surface area contributed by atoms with Crippen LogP contribution in [0.4, 0.5) is 4.39 Å². The van der Waals surface area contributed by atoms with Crippen molar-refractivity contribution >= 4 is 10.1 Å². The van der Waals surface area contributed by atoms with Crippen molar-refractivity contribution in [2.24, 2.45) is 0 Å². The second-order valence-electron chi connectivity index (χ2n) is 3.23. The van der Waals surface area contributed by atoms with Crippen LogP contribution in [0.15, 0.2) is 18.2 Å². The van der Waals surface area contributed by atoms with Gasteiger partial charge in [0.25, 0.3) is 10.1 Å². The van der Waals surface area contributed by atoms with Crippen molar-refractivity contribution < 1.29 is 21.7 Å². The summed E-state index contributed by atoms with van der Waals surface area (Å²) in [6.45, 7) is -0.0674. The molecule has 1 rings (SSSR count). The van der Waals surface area contributed by atoms with Crippen LogP contribution in [-0.4, -0.2) is 28.4 Å². The monoisotopic (exact) mass is 248 g/mol. The van der Waals surface area contributed by atoms with Crippen LogP contribution in [0, 0.1) is 5.82 Å². The molecule has 0 saturated heterocycles. The van der Waals surface area contributed by atoms with Crippen LogP contribution in [0.3, 0.4) is 0 Å². The molecule has 0 amide bonds. The number of rotatable bonds is 5. The molecule has 4 nitrogen and oxygen atoms in total. The lowest BCUT2D eigenvalue weighted by Gasteiger charge is -2.05. The minimum atomic E-state index is -3.47. The fourth-order valence-electron chi connectivity index (χ4n) is 1.16. The number of methoxy groups -OCH3 is 1. The Balaban J connectivity index is 2.61. The molecular weight excluding hydrogens is 235 g/mol. The predicted molar refractivity (Wildman–Crippen MR) is 57.5 cm³/mol. The lowest BCUT2D eigenvalue weighted by atomic mass is 10.1. The molecule has 1 aromatic carbocycles. The summed E-state index contributed by atoms with van der Waals surface area (Å²) in [4.78, 5) is 0. The highest BCUT2D eigenvalue weighted by molar-refractivity contribution is 7.85.